The van der Waals surface area contributed by atoms with Crippen molar-refractivity contribution in [2.24, 2.45) is 11.7 Å². The van der Waals surface area contributed by atoms with Crippen molar-refractivity contribution in [2.75, 3.05) is 5.32 Å². The van der Waals surface area contributed by atoms with Crippen molar-refractivity contribution in [1.29, 1.82) is 5.26 Å². The van der Waals surface area contributed by atoms with Gasteiger partial charge in [-0.2, -0.15) is 5.26 Å². The quantitative estimate of drug-likeness (QED) is 0.248. The van der Waals surface area contributed by atoms with Crippen molar-refractivity contribution in [1.82, 2.24) is 14.5 Å². The van der Waals surface area contributed by atoms with Crippen LogP contribution < -0.4 is 11.1 Å². The minimum absolute atomic E-state index is 0.0628. The average molecular weight is 509 g/mol. The fraction of sp³-hybridized carbons (Fsp3) is 0.207. The van der Waals surface area contributed by atoms with Crippen LogP contribution in [0.3, 0.4) is 0 Å². The molecule has 0 saturated carbocycles. The third-order valence-corrected chi connectivity index (χ3v) is 5.92. The van der Waals surface area contributed by atoms with Crippen LogP contribution in [0.5, 0.6) is 0 Å². The lowest BCUT2D eigenvalue weighted by Gasteiger charge is -2.14. The normalized spacial score (nSPS) is 11.7. The van der Waals surface area contributed by atoms with Gasteiger partial charge in [-0.1, -0.05) is 32.6 Å². The molecule has 1 amide bonds. The molecule has 0 aliphatic rings. The van der Waals surface area contributed by atoms with E-state index in [0.29, 0.717) is 17.8 Å². The Morgan fingerprint density at radius 3 is 2.74 bits per heavy atom. The molecule has 9 heteroatoms. The van der Waals surface area contributed by atoms with E-state index in [4.69, 9.17) is 10.5 Å². The van der Waals surface area contributed by atoms with Crippen LogP contribution in [0.1, 0.15) is 26.0 Å². The summed E-state index contributed by atoms with van der Waals surface area (Å²) in [4.78, 5) is 33.0. The zero-order valence-corrected chi connectivity index (χ0v) is 21.2. The smallest absolute Gasteiger partial charge is 0.324 e. The first kappa shape index (κ1) is 26.3. The lowest BCUT2D eigenvalue weighted by molar-refractivity contribution is -0.149. The number of rotatable bonds is 9. The van der Waals surface area contributed by atoms with E-state index in [1.54, 1.807) is 29.1 Å². The zero-order valence-electron chi connectivity index (χ0n) is 21.2. The second kappa shape index (κ2) is 11.5. The number of nitrogens with one attached hydrogen (secondary N) is 1. The number of ether oxygens (including phenoxy) is 1. The molecule has 0 aliphatic heterocycles. The molecule has 3 heterocycles. The van der Waals surface area contributed by atoms with Crippen LogP contribution >= 0.6 is 0 Å². The van der Waals surface area contributed by atoms with Crippen LogP contribution in [0.25, 0.3) is 33.3 Å². The number of hydrogen-bond donors (Lipinski definition) is 2. The van der Waals surface area contributed by atoms with Gasteiger partial charge in [0.2, 0.25) is 5.91 Å². The molecule has 1 aromatic carbocycles. The Bertz CT molecular complexity index is 1550. The Hall–Kier alpha value is -4.81. The zero-order chi connectivity index (χ0) is 27.2. The summed E-state index contributed by atoms with van der Waals surface area (Å²) in [5.41, 5.74) is 10.7. The fourth-order valence-electron chi connectivity index (χ4n) is 4.13. The van der Waals surface area contributed by atoms with E-state index in [1.807, 2.05) is 50.4 Å². The number of fused-ring (bicyclic) bond motifs is 1. The first-order chi connectivity index (χ1) is 18.3. The average Bonchev–Trinajstić information content (AvgIpc) is 3.29. The second-order valence-electron chi connectivity index (χ2n) is 9.25. The number of aromatic nitrogens is 3. The van der Waals surface area contributed by atoms with Crippen molar-refractivity contribution in [3.05, 3.63) is 79.4 Å². The molecule has 4 rings (SSSR count). The van der Waals surface area contributed by atoms with E-state index < -0.39 is 12.0 Å². The van der Waals surface area contributed by atoms with Crippen LogP contribution in [0.4, 0.5) is 5.69 Å². The highest BCUT2D eigenvalue weighted by molar-refractivity contribution is 6.00. The number of nitrogens with two attached hydrogens (primary N) is 1. The van der Waals surface area contributed by atoms with Gasteiger partial charge < -0.3 is 15.8 Å². The summed E-state index contributed by atoms with van der Waals surface area (Å²) in [5, 5.41) is 12.9. The Morgan fingerprint density at radius 1 is 1.18 bits per heavy atom. The number of nitrogens with zero attached hydrogens (tertiary/aromatic N) is 4. The summed E-state index contributed by atoms with van der Waals surface area (Å²) in [6.07, 6.45) is 6.86. The molecule has 9 nitrogen and oxygen atoms in total. The van der Waals surface area contributed by atoms with Gasteiger partial charge in [0, 0.05) is 40.8 Å². The van der Waals surface area contributed by atoms with Crippen LogP contribution in [0, 0.1) is 17.2 Å². The van der Waals surface area contributed by atoms with Crippen LogP contribution in [0.2, 0.25) is 0 Å². The molecule has 0 unspecified atom stereocenters. The first-order valence-electron chi connectivity index (χ1n) is 12.1. The maximum absolute atomic E-state index is 12.5. The van der Waals surface area contributed by atoms with E-state index in [1.165, 1.54) is 6.08 Å². The summed E-state index contributed by atoms with van der Waals surface area (Å²) >= 11 is 0. The van der Waals surface area contributed by atoms with E-state index >= 15 is 0 Å². The fourth-order valence-corrected chi connectivity index (χ4v) is 4.13. The molecule has 0 spiro atoms. The Labute approximate surface area is 220 Å². The molecule has 3 N–H and O–H groups in total. The molecular weight excluding hydrogens is 480 g/mol. The molecular formula is C29H28N6O3. The Balaban J connectivity index is 1.75. The van der Waals surface area contributed by atoms with E-state index in [0.717, 1.165) is 27.6 Å². The summed E-state index contributed by atoms with van der Waals surface area (Å²) in [6.45, 7) is 7.41. The molecule has 1 atom stereocenters. The number of carbonyl (C=O) groups is 2. The number of pyridine rings is 2. The molecule has 4 aromatic rings. The Kier molecular flexibility index (Phi) is 7.94. The van der Waals surface area contributed by atoms with E-state index in [9.17, 15) is 14.9 Å². The molecule has 3 aromatic heterocycles. The number of amides is 1. The molecule has 0 saturated heterocycles. The lowest BCUT2D eigenvalue weighted by Crippen LogP contribution is -2.33. The SMILES string of the molecule is C=CC(=O)Nc1cccc(-c2cnc3c(c2)c(-c2ccnc(C#N)c2)cn3COC(=O)[C@@H](N)CC(C)C)c1. The van der Waals surface area contributed by atoms with Crippen molar-refractivity contribution in [2.45, 2.75) is 33.0 Å². The number of esters is 1. The van der Waals surface area contributed by atoms with Gasteiger partial charge in [0.25, 0.3) is 0 Å². The van der Waals surface area contributed by atoms with Gasteiger partial charge >= 0.3 is 5.97 Å². The minimum atomic E-state index is -0.705. The highest BCUT2D eigenvalue weighted by atomic mass is 16.5. The lowest BCUT2D eigenvalue weighted by atomic mass is 10.0. The predicted octanol–water partition coefficient (Wildman–Crippen LogP) is 4.64. The number of nitriles is 1. The van der Waals surface area contributed by atoms with Gasteiger partial charge in [0.15, 0.2) is 6.73 Å². The molecule has 0 aliphatic carbocycles. The highest BCUT2D eigenvalue weighted by Gasteiger charge is 2.19. The standard InChI is InChI=1S/C29H28N6O3/c1-4-27(36)34-22-7-5-6-19(11-22)21-13-24-25(20-8-9-32-23(12-20)14-30)16-35(28(24)33-15-21)17-38-29(37)26(31)10-18(2)3/h4-9,11-13,15-16,18,26H,1,10,17,31H2,2-3H3,(H,34,36)/t26-/m0/s1. The third-order valence-electron chi connectivity index (χ3n) is 5.92. The summed E-state index contributed by atoms with van der Waals surface area (Å²) in [6, 6.07) is 14.2. The molecule has 0 fully saturated rings. The molecule has 0 radical (unpaired) electrons. The maximum atomic E-state index is 12.5. The maximum Gasteiger partial charge on any atom is 0.324 e. The molecule has 192 valence electrons. The van der Waals surface area contributed by atoms with Crippen molar-refractivity contribution < 1.29 is 14.3 Å². The van der Waals surface area contributed by atoms with Gasteiger partial charge in [-0.05, 0) is 59.9 Å². The van der Waals surface area contributed by atoms with Gasteiger partial charge in [-0.15, -0.1) is 0 Å². The number of benzene rings is 1. The van der Waals surface area contributed by atoms with Gasteiger partial charge in [0.05, 0.1) is 0 Å². The third kappa shape index (κ3) is 5.94. The predicted molar refractivity (Wildman–Crippen MR) is 145 cm³/mol. The van der Waals surface area contributed by atoms with Crippen LogP contribution in [-0.2, 0) is 21.1 Å². The molecule has 0 bridgehead atoms. The van der Waals surface area contributed by atoms with Crippen molar-refractivity contribution >= 4 is 28.6 Å². The summed E-state index contributed by atoms with van der Waals surface area (Å²) in [7, 11) is 0. The van der Waals surface area contributed by atoms with Crippen molar-refractivity contribution in [3.63, 3.8) is 0 Å². The Morgan fingerprint density at radius 2 is 2.00 bits per heavy atom. The summed E-state index contributed by atoms with van der Waals surface area (Å²) < 4.78 is 7.25. The highest BCUT2D eigenvalue weighted by Crippen LogP contribution is 2.33. The number of carbonyl (C=O) groups excluding carboxylic acids is 2. The minimum Gasteiger partial charge on any atom is -0.443 e. The van der Waals surface area contributed by atoms with Crippen LogP contribution in [0.15, 0.2) is 73.7 Å². The first-order valence-corrected chi connectivity index (χ1v) is 12.1. The van der Waals surface area contributed by atoms with Gasteiger partial charge in [0.1, 0.15) is 23.5 Å². The van der Waals surface area contributed by atoms with Gasteiger partial charge in [-0.3, -0.25) is 14.2 Å². The largest absolute Gasteiger partial charge is 0.443 e. The molecule has 38 heavy (non-hydrogen) atoms. The monoisotopic (exact) mass is 508 g/mol. The number of anilines is 1. The van der Waals surface area contributed by atoms with E-state index in [2.05, 4.69) is 27.9 Å². The van der Waals surface area contributed by atoms with Gasteiger partial charge in [-0.25, -0.2) is 9.97 Å². The van der Waals surface area contributed by atoms with Crippen molar-refractivity contribution in [3.8, 4) is 28.3 Å². The number of hydrogen-bond acceptors (Lipinski definition) is 7. The summed E-state index contributed by atoms with van der Waals surface area (Å²) in [5.74, 6) is -0.516. The van der Waals surface area contributed by atoms with Crippen LogP contribution in [-0.4, -0.2) is 32.5 Å². The topological polar surface area (TPSA) is 136 Å². The van der Waals surface area contributed by atoms with E-state index in [-0.39, 0.29) is 24.2 Å². The second-order valence-corrected chi connectivity index (χ2v) is 9.25.